The van der Waals surface area contributed by atoms with Crippen molar-refractivity contribution in [3.8, 4) is 0 Å². The first-order valence-electron chi connectivity index (χ1n) is 9.49. The predicted molar refractivity (Wildman–Crippen MR) is 110 cm³/mol. The second-order valence-electron chi connectivity index (χ2n) is 7.67. The van der Waals surface area contributed by atoms with E-state index >= 15 is 0 Å². The number of fused-ring (bicyclic) bond motifs is 3. The number of likely N-dealkylation sites (N-methyl/N-ethyl adjacent to an activating group) is 1. The number of pyridine rings is 1. The van der Waals surface area contributed by atoms with E-state index in [-0.39, 0.29) is 11.8 Å². The number of benzene rings is 1. The Morgan fingerprint density at radius 3 is 2.68 bits per heavy atom. The largest absolute Gasteiger partial charge is 0.337 e. The molecule has 6 nitrogen and oxygen atoms in total. The Kier molecular flexibility index (Phi) is 4.99. The monoisotopic (exact) mass is 399 g/mol. The second-order valence-corrected chi connectivity index (χ2v) is 9.25. The molecule has 1 atom stereocenters. The highest BCUT2D eigenvalue weighted by atomic mass is 32.2. The summed E-state index contributed by atoms with van der Waals surface area (Å²) in [5, 5.41) is 1.23. The fraction of sp³-hybridized carbons (Fsp3) is 0.381. The van der Waals surface area contributed by atoms with Crippen LogP contribution in [-0.2, 0) is 23.1 Å². The zero-order valence-electron chi connectivity index (χ0n) is 16.2. The van der Waals surface area contributed by atoms with Crippen molar-refractivity contribution < 1.29 is 13.0 Å². The van der Waals surface area contributed by atoms with Gasteiger partial charge in [0.05, 0.1) is 11.8 Å². The molecular weight excluding hydrogens is 374 g/mol. The van der Waals surface area contributed by atoms with Crippen LogP contribution in [-0.4, -0.2) is 46.8 Å². The van der Waals surface area contributed by atoms with E-state index in [9.17, 15) is 13.0 Å². The molecule has 0 aliphatic carbocycles. The van der Waals surface area contributed by atoms with Crippen LogP contribution in [0.4, 0.5) is 0 Å². The first kappa shape index (κ1) is 19.1. The van der Waals surface area contributed by atoms with Gasteiger partial charge in [0.1, 0.15) is 0 Å². The van der Waals surface area contributed by atoms with Gasteiger partial charge in [0.25, 0.3) is 10.1 Å². The van der Waals surface area contributed by atoms with E-state index in [1.54, 1.807) is 12.4 Å². The van der Waals surface area contributed by atoms with Crippen molar-refractivity contribution in [3.05, 3.63) is 65.1 Å². The van der Waals surface area contributed by atoms with Crippen molar-refractivity contribution in [2.45, 2.75) is 32.4 Å². The molecule has 1 N–H and O–H groups in total. The van der Waals surface area contributed by atoms with Crippen LogP contribution < -0.4 is 0 Å². The molecule has 0 spiro atoms. The van der Waals surface area contributed by atoms with Gasteiger partial charge in [-0.1, -0.05) is 11.6 Å². The summed E-state index contributed by atoms with van der Waals surface area (Å²) in [6, 6.07) is 10.1. The SMILES string of the molecule is Cc1ccc2c(c1)c1c(n2C(CCS(=O)(=O)O)c2ccncc2)CCN(C)C1. The zero-order valence-corrected chi connectivity index (χ0v) is 17.0. The predicted octanol–water partition coefficient (Wildman–Crippen LogP) is 3.20. The van der Waals surface area contributed by atoms with Crippen LogP contribution in [0.3, 0.4) is 0 Å². The average molecular weight is 400 g/mol. The number of aromatic nitrogens is 2. The molecule has 0 saturated heterocycles. The minimum absolute atomic E-state index is 0.178. The quantitative estimate of drug-likeness (QED) is 0.667. The fourth-order valence-corrected chi connectivity index (χ4v) is 4.81. The molecule has 0 bridgehead atoms. The van der Waals surface area contributed by atoms with Gasteiger partial charge in [-0.15, -0.1) is 0 Å². The number of hydrogen-bond donors (Lipinski definition) is 1. The highest BCUT2D eigenvalue weighted by Gasteiger charge is 2.27. The van der Waals surface area contributed by atoms with Crippen LogP contribution in [0.2, 0.25) is 0 Å². The highest BCUT2D eigenvalue weighted by molar-refractivity contribution is 7.85. The smallest absolute Gasteiger partial charge is 0.264 e. The maximum atomic E-state index is 11.5. The van der Waals surface area contributed by atoms with Gasteiger partial charge >= 0.3 is 0 Å². The summed E-state index contributed by atoms with van der Waals surface area (Å²) in [7, 11) is -1.92. The molecule has 3 aromatic rings. The van der Waals surface area contributed by atoms with Crippen molar-refractivity contribution in [1.29, 1.82) is 0 Å². The fourth-order valence-electron chi connectivity index (χ4n) is 4.29. The summed E-state index contributed by atoms with van der Waals surface area (Å²) in [4.78, 5) is 6.42. The van der Waals surface area contributed by atoms with E-state index in [1.165, 1.54) is 22.2 Å². The highest BCUT2D eigenvalue weighted by Crippen LogP contribution is 2.37. The first-order valence-corrected chi connectivity index (χ1v) is 11.1. The number of nitrogens with zero attached hydrogens (tertiary/aromatic N) is 3. The molecule has 2 aromatic heterocycles. The Balaban J connectivity index is 1.93. The van der Waals surface area contributed by atoms with Crippen LogP contribution in [0.15, 0.2) is 42.7 Å². The third-order valence-corrected chi connectivity index (χ3v) is 6.34. The molecule has 4 rings (SSSR count). The lowest BCUT2D eigenvalue weighted by Gasteiger charge is -2.28. The van der Waals surface area contributed by atoms with E-state index in [4.69, 9.17) is 0 Å². The summed E-state index contributed by atoms with van der Waals surface area (Å²) >= 11 is 0. The third kappa shape index (κ3) is 3.70. The molecule has 0 radical (unpaired) electrons. The molecule has 1 aliphatic rings. The minimum Gasteiger partial charge on any atom is -0.337 e. The molecule has 1 aromatic carbocycles. The summed E-state index contributed by atoms with van der Waals surface area (Å²) in [5.41, 5.74) is 5.90. The summed E-state index contributed by atoms with van der Waals surface area (Å²) in [6.45, 7) is 3.93. The molecule has 0 amide bonds. The van der Waals surface area contributed by atoms with Gasteiger partial charge in [0, 0.05) is 48.5 Å². The zero-order chi connectivity index (χ0) is 19.9. The Morgan fingerprint density at radius 2 is 1.96 bits per heavy atom. The van der Waals surface area contributed by atoms with Crippen LogP contribution in [0, 0.1) is 6.92 Å². The molecular formula is C21H25N3O3S. The molecule has 148 valence electrons. The van der Waals surface area contributed by atoms with E-state index in [0.29, 0.717) is 6.42 Å². The molecule has 7 heteroatoms. The van der Waals surface area contributed by atoms with Gasteiger partial charge < -0.3 is 9.47 Å². The lowest BCUT2D eigenvalue weighted by molar-refractivity contribution is 0.307. The summed E-state index contributed by atoms with van der Waals surface area (Å²) in [5.74, 6) is -0.278. The number of rotatable bonds is 5. The lowest BCUT2D eigenvalue weighted by atomic mass is 10.0. The van der Waals surface area contributed by atoms with Crippen molar-refractivity contribution in [2.75, 3.05) is 19.3 Å². The Labute approximate surface area is 165 Å². The molecule has 0 saturated carbocycles. The van der Waals surface area contributed by atoms with Crippen LogP contribution in [0.25, 0.3) is 10.9 Å². The average Bonchev–Trinajstić information content (AvgIpc) is 2.95. The van der Waals surface area contributed by atoms with Crippen molar-refractivity contribution in [3.63, 3.8) is 0 Å². The maximum Gasteiger partial charge on any atom is 0.264 e. The van der Waals surface area contributed by atoms with Crippen LogP contribution in [0.1, 0.15) is 34.8 Å². The molecule has 1 aliphatic heterocycles. The number of aryl methyl sites for hydroxylation is 1. The van der Waals surface area contributed by atoms with Crippen molar-refractivity contribution in [2.24, 2.45) is 0 Å². The van der Waals surface area contributed by atoms with Gasteiger partial charge in [-0.2, -0.15) is 8.42 Å². The van der Waals surface area contributed by atoms with Gasteiger partial charge in [-0.25, -0.2) is 0 Å². The molecule has 28 heavy (non-hydrogen) atoms. The van der Waals surface area contributed by atoms with Gasteiger partial charge in [-0.05, 0) is 55.8 Å². The number of hydrogen-bond acceptors (Lipinski definition) is 4. The lowest BCUT2D eigenvalue weighted by Crippen LogP contribution is -2.28. The minimum atomic E-state index is -4.05. The Hall–Kier alpha value is -2.22. The third-order valence-electron chi connectivity index (χ3n) is 5.59. The van der Waals surface area contributed by atoms with E-state index in [1.807, 2.05) is 12.1 Å². The van der Waals surface area contributed by atoms with Crippen molar-refractivity contribution in [1.82, 2.24) is 14.5 Å². The Morgan fingerprint density at radius 1 is 1.21 bits per heavy atom. The maximum absolute atomic E-state index is 11.5. The van der Waals surface area contributed by atoms with Gasteiger partial charge in [0.2, 0.25) is 0 Å². The molecule has 1 unspecified atom stereocenters. The molecule has 0 fully saturated rings. The standard InChI is InChI=1S/C21H25N3O3S/c1-15-3-4-20-17(13-15)18-14-23(2)11-7-21(18)24(20)19(8-12-28(25,26)27)16-5-9-22-10-6-16/h3-6,9-10,13,19H,7-8,11-12,14H2,1-2H3,(H,25,26,27). The van der Waals surface area contributed by atoms with E-state index in [0.717, 1.165) is 30.6 Å². The van der Waals surface area contributed by atoms with Crippen LogP contribution >= 0.6 is 0 Å². The summed E-state index contributed by atoms with van der Waals surface area (Å²) in [6.07, 6.45) is 4.67. The molecule has 3 heterocycles. The normalized spacial score (nSPS) is 16.2. The van der Waals surface area contributed by atoms with Gasteiger partial charge in [-0.3, -0.25) is 9.54 Å². The van der Waals surface area contributed by atoms with E-state index in [2.05, 4.69) is 46.6 Å². The topological polar surface area (TPSA) is 75.4 Å². The van der Waals surface area contributed by atoms with E-state index < -0.39 is 10.1 Å². The van der Waals surface area contributed by atoms with Crippen LogP contribution in [0.5, 0.6) is 0 Å². The van der Waals surface area contributed by atoms with Crippen molar-refractivity contribution >= 4 is 21.0 Å². The first-order chi connectivity index (χ1) is 13.3. The second kappa shape index (κ2) is 7.31. The van der Waals surface area contributed by atoms with Gasteiger partial charge in [0.15, 0.2) is 0 Å². The Bertz CT molecular complexity index is 1110. The summed E-state index contributed by atoms with van der Waals surface area (Å²) < 4.78 is 34.7.